The Morgan fingerprint density at radius 3 is 2.10 bits per heavy atom. The molecular formula is C41H52N8O2. The summed E-state index contributed by atoms with van der Waals surface area (Å²) in [4.78, 5) is 28.7. The molecule has 51 heavy (non-hydrogen) atoms. The van der Waals surface area contributed by atoms with E-state index in [1.54, 1.807) is 13.8 Å². The molecule has 10 heteroatoms. The minimum atomic E-state index is 0.104. The number of anilines is 4. The quantitative estimate of drug-likeness (QED) is 0.184. The van der Waals surface area contributed by atoms with E-state index in [1.807, 2.05) is 9.80 Å². The number of carbonyl (C=O) groups excluding carboxylic acids is 2. The fourth-order valence-corrected chi connectivity index (χ4v) is 8.39. The van der Waals surface area contributed by atoms with Crippen molar-refractivity contribution in [2.75, 3.05) is 23.7 Å². The second-order valence-corrected chi connectivity index (χ2v) is 15.5. The lowest BCUT2D eigenvalue weighted by atomic mass is 9.87. The number of fused-ring (bicyclic) bond motifs is 3. The number of aromatic nitrogens is 4. The van der Waals surface area contributed by atoms with Crippen molar-refractivity contribution in [3.05, 3.63) is 81.7 Å². The Labute approximate surface area is 301 Å². The third kappa shape index (κ3) is 6.89. The van der Waals surface area contributed by atoms with Gasteiger partial charge in [-0.2, -0.15) is 10.2 Å². The Morgan fingerprint density at radius 2 is 1.41 bits per heavy atom. The molecule has 2 amide bonds. The van der Waals surface area contributed by atoms with Gasteiger partial charge < -0.3 is 20.4 Å². The molecule has 4 aliphatic rings. The topological polar surface area (TPSA) is 100 Å². The highest BCUT2D eigenvalue weighted by Crippen LogP contribution is 2.38. The third-order valence-corrected chi connectivity index (χ3v) is 11.9. The molecule has 2 aliphatic carbocycles. The smallest absolute Gasteiger partial charge is 0.219 e. The van der Waals surface area contributed by atoms with Crippen LogP contribution < -0.4 is 10.6 Å². The number of benzene rings is 2. The molecule has 0 spiro atoms. The minimum absolute atomic E-state index is 0.104. The van der Waals surface area contributed by atoms with E-state index < -0.39 is 0 Å². The molecule has 0 saturated heterocycles. The first-order valence-corrected chi connectivity index (χ1v) is 19.1. The molecule has 4 heterocycles. The van der Waals surface area contributed by atoms with Crippen LogP contribution in [0.5, 0.6) is 0 Å². The maximum absolute atomic E-state index is 12.5. The van der Waals surface area contributed by atoms with Crippen LogP contribution in [-0.2, 0) is 61.5 Å². The summed E-state index contributed by atoms with van der Waals surface area (Å²) in [5, 5.41) is 17.8. The number of hydrogen-bond acceptors (Lipinski definition) is 6. The molecule has 0 bridgehead atoms. The van der Waals surface area contributed by atoms with Gasteiger partial charge in [0.25, 0.3) is 0 Å². The first kappa shape index (κ1) is 33.5. The molecule has 1 fully saturated rings. The van der Waals surface area contributed by atoms with Gasteiger partial charge in [-0.1, -0.05) is 38.1 Å². The van der Waals surface area contributed by atoms with Crippen LogP contribution in [0.2, 0.25) is 0 Å². The van der Waals surface area contributed by atoms with Crippen LogP contribution in [0.25, 0.3) is 0 Å². The molecule has 10 nitrogen and oxygen atoms in total. The second-order valence-electron chi connectivity index (χ2n) is 15.5. The van der Waals surface area contributed by atoms with Crippen LogP contribution in [-0.4, -0.2) is 54.3 Å². The van der Waals surface area contributed by atoms with Crippen LogP contribution >= 0.6 is 0 Å². The largest absolute Gasteiger partial charge is 0.338 e. The van der Waals surface area contributed by atoms with Crippen molar-refractivity contribution in [2.24, 2.45) is 11.8 Å². The summed E-state index contributed by atoms with van der Waals surface area (Å²) in [5.74, 6) is 3.16. The predicted octanol–water partition coefficient (Wildman–Crippen LogP) is 7.10. The van der Waals surface area contributed by atoms with Crippen molar-refractivity contribution in [1.82, 2.24) is 29.4 Å². The molecular weight excluding hydrogens is 637 g/mol. The molecule has 0 radical (unpaired) electrons. The van der Waals surface area contributed by atoms with E-state index in [-0.39, 0.29) is 23.7 Å². The van der Waals surface area contributed by atoms with Gasteiger partial charge in [-0.05, 0) is 91.2 Å². The highest BCUT2D eigenvalue weighted by Gasteiger charge is 2.31. The van der Waals surface area contributed by atoms with Gasteiger partial charge in [0.05, 0.1) is 13.1 Å². The molecule has 2 aromatic heterocycles. The lowest BCUT2D eigenvalue weighted by Crippen LogP contribution is -2.35. The normalized spacial score (nSPS) is 18.0. The molecule has 2 N–H and O–H groups in total. The van der Waals surface area contributed by atoms with Gasteiger partial charge in [0.2, 0.25) is 11.8 Å². The van der Waals surface area contributed by atoms with Crippen molar-refractivity contribution in [3.63, 3.8) is 0 Å². The van der Waals surface area contributed by atoms with Gasteiger partial charge in [0.15, 0.2) is 11.6 Å². The van der Waals surface area contributed by atoms with Gasteiger partial charge >= 0.3 is 0 Å². The third-order valence-electron chi connectivity index (χ3n) is 11.9. The lowest BCUT2D eigenvalue weighted by molar-refractivity contribution is -0.130. The van der Waals surface area contributed by atoms with Crippen LogP contribution in [0.4, 0.5) is 23.0 Å². The maximum Gasteiger partial charge on any atom is 0.219 e. The summed E-state index contributed by atoms with van der Waals surface area (Å²) in [7, 11) is 0. The van der Waals surface area contributed by atoms with E-state index in [2.05, 4.69) is 76.3 Å². The summed E-state index contributed by atoms with van der Waals surface area (Å²) in [5.41, 5.74) is 11.0. The van der Waals surface area contributed by atoms with E-state index in [0.717, 1.165) is 79.5 Å². The van der Waals surface area contributed by atoms with Crippen LogP contribution in [0.1, 0.15) is 98.5 Å². The van der Waals surface area contributed by atoms with Crippen LogP contribution in [0.15, 0.2) is 42.5 Å². The number of nitrogens with zero attached hydrogens (tertiary/aromatic N) is 6. The van der Waals surface area contributed by atoms with E-state index in [9.17, 15) is 9.59 Å². The number of nitrogens with one attached hydrogen (secondary N) is 2. The molecule has 2 atom stereocenters. The highest BCUT2D eigenvalue weighted by atomic mass is 16.2. The Balaban J connectivity index is 1.05. The zero-order valence-corrected chi connectivity index (χ0v) is 30.7. The first-order chi connectivity index (χ1) is 24.7. The molecule has 8 rings (SSSR count). The van der Waals surface area contributed by atoms with E-state index in [1.165, 1.54) is 53.8 Å². The molecule has 2 unspecified atom stereocenters. The standard InChI is InChI=1S/C41H52N8O2/c1-26(22-48-38-17-19-46(28(3)50)24-35(38)40(44-48)42-33-16-15-31-9-5-6-10-32(31)21-33)27(2)34-11-7-8-12-37(34)43-41-36-25-47(29(4)51)20-18-39(36)49(45-41)23-30-13-14-30/h7-8,11-12,15-16,21,26-27,30H,5-6,9-10,13-14,17-20,22-25H2,1-4H3,(H,42,44)(H,43,45). The van der Waals surface area contributed by atoms with Gasteiger partial charge in [-0.25, -0.2) is 0 Å². The Hall–Kier alpha value is -4.60. The Kier molecular flexibility index (Phi) is 9.11. The minimum Gasteiger partial charge on any atom is -0.338 e. The number of rotatable bonds is 10. The Bertz CT molecular complexity index is 1950. The molecule has 1 saturated carbocycles. The zero-order valence-electron chi connectivity index (χ0n) is 30.7. The fraction of sp³-hybridized carbons (Fsp3) is 0.512. The highest BCUT2D eigenvalue weighted by molar-refractivity contribution is 5.75. The van der Waals surface area contributed by atoms with Crippen LogP contribution in [0.3, 0.4) is 0 Å². The average Bonchev–Trinajstić information content (AvgIpc) is 3.82. The molecule has 4 aromatic rings. The van der Waals surface area contributed by atoms with Crippen LogP contribution in [0, 0.1) is 11.8 Å². The van der Waals surface area contributed by atoms with E-state index in [0.29, 0.717) is 25.6 Å². The first-order valence-electron chi connectivity index (χ1n) is 19.1. The van der Waals surface area contributed by atoms with Crippen molar-refractivity contribution in [2.45, 2.75) is 111 Å². The molecule has 2 aromatic carbocycles. The van der Waals surface area contributed by atoms with Gasteiger partial charge in [0, 0.05) is 86.8 Å². The summed E-state index contributed by atoms with van der Waals surface area (Å²) >= 11 is 0. The summed E-state index contributed by atoms with van der Waals surface area (Å²) in [6.45, 7) is 12.3. The number of para-hydroxylation sites is 1. The number of aryl methyl sites for hydroxylation is 2. The second kappa shape index (κ2) is 13.8. The zero-order chi connectivity index (χ0) is 35.2. The SMILES string of the molecule is CC(=O)N1CCc2c(c(Nc3ccc4c(c3)CCCC4)nn2CC(C)C(C)c2ccccc2Nc2nn(CC3CC3)c3c2CN(C(C)=O)CC3)C1. The Morgan fingerprint density at radius 1 is 0.784 bits per heavy atom. The maximum atomic E-state index is 12.5. The van der Waals surface area contributed by atoms with Crippen molar-refractivity contribution >= 4 is 34.8 Å². The number of amides is 2. The molecule has 268 valence electrons. The number of carbonyl (C=O) groups is 2. The van der Waals surface area contributed by atoms with Crippen molar-refractivity contribution in [1.29, 1.82) is 0 Å². The summed E-state index contributed by atoms with van der Waals surface area (Å²) in [6, 6.07) is 15.3. The van der Waals surface area contributed by atoms with Gasteiger partial charge in [0.1, 0.15) is 0 Å². The summed E-state index contributed by atoms with van der Waals surface area (Å²) < 4.78 is 4.42. The number of hydrogen-bond donors (Lipinski definition) is 2. The van der Waals surface area contributed by atoms with Gasteiger partial charge in [-0.3, -0.25) is 19.0 Å². The summed E-state index contributed by atoms with van der Waals surface area (Å²) in [6.07, 6.45) is 8.97. The molecule has 2 aliphatic heterocycles. The fourth-order valence-electron chi connectivity index (χ4n) is 8.39. The average molecular weight is 689 g/mol. The van der Waals surface area contributed by atoms with Crippen molar-refractivity contribution in [3.8, 4) is 0 Å². The monoisotopic (exact) mass is 688 g/mol. The van der Waals surface area contributed by atoms with E-state index >= 15 is 0 Å². The van der Waals surface area contributed by atoms with E-state index in [4.69, 9.17) is 10.2 Å². The lowest BCUT2D eigenvalue weighted by Gasteiger charge is -2.28. The van der Waals surface area contributed by atoms with Crippen molar-refractivity contribution < 1.29 is 9.59 Å². The predicted molar refractivity (Wildman–Crippen MR) is 200 cm³/mol. The van der Waals surface area contributed by atoms with Gasteiger partial charge in [-0.15, -0.1) is 0 Å².